The topological polar surface area (TPSA) is 57.7 Å². The first-order valence-electron chi connectivity index (χ1n) is 7.63. The summed E-state index contributed by atoms with van der Waals surface area (Å²) < 4.78 is 16.1. The Hall–Kier alpha value is -3.00. The van der Waals surface area contributed by atoms with Crippen LogP contribution < -0.4 is 9.47 Å². The molecule has 1 aliphatic carbocycles. The van der Waals surface area contributed by atoms with Crippen molar-refractivity contribution in [2.24, 2.45) is 0 Å². The number of hydrogen-bond acceptors (Lipinski definition) is 5. The second kappa shape index (κ2) is 7.05. The second-order valence-corrected chi connectivity index (χ2v) is 5.44. The van der Waals surface area contributed by atoms with Crippen molar-refractivity contribution < 1.29 is 19.0 Å². The van der Waals surface area contributed by atoms with Crippen LogP contribution >= 0.6 is 0 Å². The smallest absolute Gasteiger partial charge is 0.345 e. The lowest BCUT2D eigenvalue weighted by molar-refractivity contribution is 0.0593. The zero-order chi connectivity index (χ0) is 16.9. The normalized spacial score (nSPS) is 13.0. The molecule has 5 heteroatoms. The van der Waals surface area contributed by atoms with Crippen molar-refractivity contribution in [2.45, 2.75) is 18.8 Å². The van der Waals surface area contributed by atoms with Gasteiger partial charge in [0.1, 0.15) is 17.9 Å². The standard InChI is InChI=1S/C19H17NO4/c1-3-9-23-16-11-20-12-17(18(16)19(21)22-2)24-15-6-4-5-14(10-15)13-7-8-13/h1,4-6,10-13H,7-9H2,2H3. The molecule has 0 unspecified atom stereocenters. The zero-order valence-electron chi connectivity index (χ0n) is 13.3. The third-order valence-corrected chi connectivity index (χ3v) is 3.71. The van der Waals surface area contributed by atoms with E-state index in [1.54, 1.807) is 0 Å². The number of methoxy groups -OCH3 is 1. The first-order chi connectivity index (χ1) is 11.7. The van der Waals surface area contributed by atoms with E-state index in [0.717, 1.165) is 0 Å². The van der Waals surface area contributed by atoms with Crippen molar-refractivity contribution in [3.63, 3.8) is 0 Å². The Bertz CT molecular complexity index is 790. The van der Waals surface area contributed by atoms with E-state index in [1.165, 1.54) is 37.9 Å². The summed E-state index contributed by atoms with van der Waals surface area (Å²) in [7, 11) is 1.30. The Balaban J connectivity index is 1.93. The van der Waals surface area contributed by atoms with E-state index in [1.807, 2.05) is 18.2 Å². The van der Waals surface area contributed by atoms with Crippen molar-refractivity contribution in [3.8, 4) is 29.6 Å². The summed E-state index contributed by atoms with van der Waals surface area (Å²) in [5, 5.41) is 0. The molecule has 0 spiro atoms. The summed E-state index contributed by atoms with van der Waals surface area (Å²) >= 11 is 0. The molecule has 5 nitrogen and oxygen atoms in total. The highest BCUT2D eigenvalue weighted by atomic mass is 16.5. The fourth-order valence-electron chi connectivity index (χ4n) is 2.41. The summed E-state index contributed by atoms with van der Waals surface area (Å²) in [6.07, 6.45) is 10.5. The Morgan fingerprint density at radius 2 is 2.12 bits per heavy atom. The van der Waals surface area contributed by atoms with E-state index in [0.29, 0.717) is 11.7 Å². The number of pyridine rings is 1. The lowest BCUT2D eigenvalue weighted by Gasteiger charge is -2.13. The summed E-state index contributed by atoms with van der Waals surface area (Å²) in [5.41, 5.74) is 1.40. The number of nitrogens with zero attached hydrogens (tertiary/aromatic N) is 1. The number of carbonyl (C=O) groups is 1. The lowest BCUT2D eigenvalue weighted by atomic mass is 10.1. The van der Waals surface area contributed by atoms with E-state index in [-0.39, 0.29) is 23.7 Å². The van der Waals surface area contributed by atoms with Crippen LogP contribution in [0.25, 0.3) is 0 Å². The molecule has 1 saturated carbocycles. The Morgan fingerprint density at radius 3 is 2.83 bits per heavy atom. The SMILES string of the molecule is C#CCOc1cncc(Oc2cccc(C3CC3)c2)c1C(=O)OC. The molecular formula is C19H17NO4. The van der Waals surface area contributed by atoms with Gasteiger partial charge in [0.05, 0.1) is 19.5 Å². The molecule has 0 radical (unpaired) electrons. The van der Waals surface area contributed by atoms with Crippen LogP contribution in [-0.4, -0.2) is 24.7 Å². The lowest BCUT2D eigenvalue weighted by Crippen LogP contribution is -2.08. The van der Waals surface area contributed by atoms with E-state index in [2.05, 4.69) is 17.0 Å². The highest BCUT2D eigenvalue weighted by Gasteiger charge is 2.24. The van der Waals surface area contributed by atoms with Gasteiger partial charge >= 0.3 is 5.97 Å². The minimum atomic E-state index is -0.572. The Labute approximate surface area is 140 Å². The Morgan fingerprint density at radius 1 is 1.33 bits per heavy atom. The van der Waals surface area contributed by atoms with Crippen molar-refractivity contribution in [1.29, 1.82) is 0 Å². The molecule has 0 bridgehead atoms. The molecule has 122 valence electrons. The average Bonchev–Trinajstić information content (AvgIpc) is 3.45. The average molecular weight is 323 g/mol. The van der Waals surface area contributed by atoms with Crippen molar-refractivity contribution in [3.05, 3.63) is 47.8 Å². The minimum Gasteiger partial charge on any atom is -0.478 e. The maximum absolute atomic E-state index is 12.1. The van der Waals surface area contributed by atoms with Gasteiger partial charge in [0, 0.05) is 0 Å². The monoisotopic (exact) mass is 323 g/mol. The van der Waals surface area contributed by atoms with E-state index in [9.17, 15) is 4.79 Å². The first-order valence-corrected chi connectivity index (χ1v) is 7.63. The van der Waals surface area contributed by atoms with E-state index < -0.39 is 5.97 Å². The van der Waals surface area contributed by atoms with Crippen LogP contribution in [0.3, 0.4) is 0 Å². The second-order valence-electron chi connectivity index (χ2n) is 5.44. The number of terminal acetylenes is 1. The van der Waals surface area contributed by atoms with Crippen molar-refractivity contribution in [1.82, 2.24) is 4.98 Å². The molecule has 3 rings (SSSR count). The number of benzene rings is 1. The molecule has 1 aromatic carbocycles. The molecule has 0 aliphatic heterocycles. The number of carbonyl (C=O) groups excluding carboxylic acids is 1. The number of esters is 1. The van der Waals surface area contributed by atoms with Gasteiger partial charge in [-0.3, -0.25) is 4.98 Å². The van der Waals surface area contributed by atoms with Crippen LogP contribution in [0.5, 0.6) is 17.2 Å². The molecule has 1 aliphatic rings. The molecule has 1 heterocycles. The van der Waals surface area contributed by atoms with Gasteiger partial charge in [0.15, 0.2) is 11.5 Å². The van der Waals surface area contributed by atoms with Gasteiger partial charge in [0.25, 0.3) is 0 Å². The highest BCUT2D eigenvalue weighted by molar-refractivity contribution is 5.95. The van der Waals surface area contributed by atoms with Crippen molar-refractivity contribution >= 4 is 5.97 Å². The maximum atomic E-state index is 12.1. The number of rotatable bonds is 6. The van der Waals surface area contributed by atoms with Gasteiger partial charge in [-0.1, -0.05) is 18.1 Å². The van der Waals surface area contributed by atoms with Gasteiger partial charge in [-0.2, -0.15) is 0 Å². The predicted molar refractivity (Wildman–Crippen MR) is 88.4 cm³/mol. The molecule has 0 saturated heterocycles. The molecule has 0 atom stereocenters. The fraction of sp³-hybridized carbons (Fsp3) is 0.263. The summed E-state index contributed by atoms with van der Waals surface area (Å²) in [6.45, 7) is 0.0201. The third-order valence-electron chi connectivity index (χ3n) is 3.71. The van der Waals surface area contributed by atoms with Gasteiger partial charge < -0.3 is 14.2 Å². The third kappa shape index (κ3) is 3.49. The predicted octanol–water partition coefficient (Wildman–Crippen LogP) is 3.55. The molecular weight excluding hydrogens is 306 g/mol. The van der Waals surface area contributed by atoms with Crippen LogP contribution in [0.15, 0.2) is 36.7 Å². The molecule has 1 aromatic heterocycles. The Kier molecular flexibility index (Phi) is 4.66. The molecule has 2 aromatic rings. The van der Waals surface area contributed by atoms with Crippen LogP contribution in [-0.2, 0) is 4.74 Å². The molecule has 0 amide bonds. The fourth-order valence-corrected chi connectivity index (χ4v) is 2.41. The van der Waals surface area contributed by atoms with Gasteiger partial charge in [-0.05, 0) is 36.5 Å². The minimum absolute atomic E-state index is 0.0201. The van der Waals surface area contributed by atoms with Gasteiger partial charge in [-0.15, -0.1) is 6.42 Å². The maximum Gasteiger partial charge on any atom is 0.345 e. The van der Waals surface area contributed by atoms with E-state index >= 15 is 0 Å². The summed E-state index contributed by atoms with van der Waals surface area (Å²) in [5.74, 6) is 3.53. The molecule has 24 heavy (non-hydrogen) atoms. The van der Waals surface area contributed by atoms with Crippen molar-refractivity contribution in [2.75, 3.05) is 13.7 Å². The van der Waals surface area contributed by atoms with Crippen LogP contribution in [0.2, 0.25) is 0 Å². The van der Waals surface area contributed by atoms with Gasteiger partial charge in [0.2, 0.25) is 0 Å². The number of hydrogen-bond donors (Lipinski definition) is 0. The van der Waals surface area contributed by atoms with Gasteiger partial charge in [-0.25, -0.2) is 4.79 Å². The quantitative estimate of drug-likeness (QED) is 0.601. The zero-order valence-corrected chi connectivity index (χ0v) is 13.3. The van der Waals surface area contributed by atoms with E-state index in [4.69, 9.17) is 20.6 Å². The highest BCUT2D eigenvalue weighted by Crippen LogP contribution is 2.41. The molecule has 1 fully saturated rings. The van der Waals surface area contributed by atoms with Crippen LogP contribution in [0.1, 0.15) is 34.7 Å². The molecule has 0 N–H and O–H groups in total. The summed E-state index contributed by atoms with van der Waals surface area (Å²) in [6, 6.07) is 7.83. The summed E-state index contributed by atoms with van der Waals surface area (Å²) in [4.78, 5) is 16.2. The first kappa shape index (κ1) is 15.9. The number of ether oxygens (including phenoxy) is 3. The largest absolute Gasteiger partial charge is 0.478 e. The number of aromatic nitrogens is 1. The van der Waals surface area contributed by atoms with Crippen LogP contribution in [0, 0.1) is 12.3 Å². The van der Waals surface area contributed by atoms with Crippen LogP contribution in [0.4, 0.5) is 0 Å².